The minimum absolute atomic E-state index is 0.178. The topological polar surface area (TPSA) is 106 Å². The van der Waals surface area contributed by atoms with Gasteiger partial charge in [-0.25, -0.2) is 8.42 Å². The summed E-state index contributed by atoms with van der Waals surface area (Å²) in [5.74, 6) is -1.47. The number of benzene rings is 2. The van der Waals surface area contributed by atoms with Crippen molar-refractivity contribution in [1.29, 1.82) is 0 Å². The third-order valence-electron chi connectivity index (χ3n) is 4.62. The molecule has 0 aliphatic rings. The highest BCUT2D eigenvalue weighted by Gasteiger charge is 2.23. The maximum Gasteiger partial charge on any atom is 0.252 e. The van der Waals surface area contributed by atoms with Gasteiger partial charge in [0.1, 0.15) is 5.00 Å². The van der Waals surface area contributed by atoms with Gasteiger partial charge < -0.3 is 11.1 Å². The van der Waals surface area contributed by atoms with Crippen molar-refractivity contribution in [3.05, 3.63) is 70.6 Å². The Morgan fingerprint density at radius 2 is 1.63 bits per heavy atom. The second-order valence-electron chi connectivity index (χ2n) is 6.90. The molecule has 0 unspecified atom stereocenters. The van der Waals surface area contributed by atoms with Crippen LogP contribution >= 0.6 is 11.3 Å². The van der Waals surface area contributed by atoms with Crippen molar-refractivity contribution < 1.29 is 18.0 Å². The van der Waals surface area contributed by atoms with Crippen molar-refractivity contribution in [3.8, 4) is 11.1 Å². The van der Waals surface area contributed by atoms with Gasteiger partial charge in [-0.15, -0.1) is 11.3 Å². The van der Waals surface area contributed by atoms with Gasteiger partial charge in [0.15, 0.2) is 9.84 Å². The minimum atomic E-state index is -3.59. The number of carbonyl (C=O) groups is 2. The van der Waals surface area contributed by atoms with Gasteiger partial charge in [0.2, 0.25) is 5.91 Å². The van der Waals surface area contributed by atoms with Gasteiger partial charge in [-0.1, -0.05) is 48.0 Å². The van der Waals surface area contributed by atoms with E-state index in [1.54, 1.807) is 12.1 Å². The third-order valence-corrected chi connectivity index (χ3v) is 7.38. The number of sulfone groups is 1. The summed E-state index contributed by atoms with van der Waals surface area (Å²) in [6, 6.07) is 15.8. The second kappa shape index (κ2) is 8.81. The molecule has 0 spiro atoms. The number of hydrogen-bond acceptors (Lipinski definition) is 5. The van der Waals surface area contributed by atoms with Crippen molar-refractivity contribution in [2.45, 2.75) is 25.2 Å². The molecule has 3 aromatic rings. The maximum absolute atomic E-state index is 12.5. The molecule has 0 aliphatic carbocycles. The summed E-state index contributed by atoms with van der Waals surface area (Å²) in [7, 11) is -3.59. The fourth-order valence-electron chi connectivity index (χ4n) is 3.10. The van der Waals surface area contributed by atoms with Gasteiger partial charge in [0.25, 0.3) is 5.91 Å². The fraction of sp³-hybridized carbons (Fsp3) is 0.182. The molecule has 0 atom stereocenters. The number of thiophene rings is 1. The summed E-state index contributed by atoms with van der Waals surface area (Å²) >= 11 is 1.24. The van der Waals surface area contributed by atoms with Crippen LogP contribution in [-0.2, 0) is 14.6 Å². The summed E-state index contributed by atoms with van der Waals surface area (Å²) in [6.07, 6.45) is -0.230. The van der Waals surface area contributed by atoms with Crippen molar-refractivity contribution in [3.63, 3.8) is 0 Å². The van der Waals surface area contributed by atoms with Crippen LogP contribution < -0.4 is 11.1 Å². The zero-order valence-electron chi connectivity index (χ0n) is 16.6. The van der Waals surface area contributed by atoms with E-state index >= 15 is 0 Å². The molecular weight excluding hydrogens is 420 g/mol. The van der Waals surface area contributed by atoms with Gasteiger partial charge >= 0.3 is 0 Å². The molecule has 3 rings (SSSR count). The van der Waals surface area contributed by atoms with Crippen molar-refractivity contribution in [2.24, 2.45) is 5.73 Å². The van der Waals surface area contributed by atoms with Gasteiger partial charge in [0, 0.05) is 16.9 Å². The molecule has 0 aliphatic heterocycles. The SMILES string of the molecule is Cc1ccc(S(=O)(=O)CCC(=O)Nc2sc(C)c(-c3ccccc3)c2C(N)=O)cc1. The van der Waals surface area contributed by atoms with Crippen molar-refractivity contribution in [1.82, 2.24) is 0 Å². The van der Waals surface area contributed by atoms with Crippen LogP contribution in [0.4, 0.5) is 5.00 Å². The molecule has 6 nitrogen and oxygen atoms in total. The second-order valence-corrected chi connectivity index (χ2v) is 10.2. The van der Waals surface area contributed by atoms with E-state index in [-0.39, 0.29) is 22.6 Å². The number of hydrogen-bond donors (Lipinski definition) is 2. The van der Waals surface area contributed by atoms with Gasteiger partial charge in [-0.2, -0.15) is 0 Å². The molecular formula is C22H22N2O4S2. The number of nitrogens with two attached hydrogens (primary N) is 1. The van der Waals surface area contributed by atoms with Crippen LogP contribution in [0.25, 0.3) is 11.1 Å². The first kappa shape index (κ1) is 21.7. The quantitative estimate of drug-likeness (QED) is 0.578. The van der Waals surface area contributed by atoms with Gasteiger partial charge in [-0.05, 0) is 31.5 Å². The zero-order valence-corrected chi connectivity index (χ0v) is 18.3. The summed E-state index contributed by atoms with van der Waals surface area (Å²) in [4.78, 5) is 25.6. The number of primary amides is 1. The average molecular weight is 443 g/mol. The molecule has 0 bridgehead atoms. The number of anilines is 1. The highest BCUT2D eigenvalue weighted by atomic mass is 32.2. The molecule has 156 valence electrons. The minimum Gasteiger partial charge on any atom is -0.365 e. The first-order valence-corrected chi connectivity index (χ1v) is 11.7. The van der Waals surface area contributed by atoms with Crippen LogP contribution in [0.1, 0.15) is 27.2 Å². The zero-order chi connectivity index (χ0) is 21.9. The van der Waals surface area contributed by atoms with E-state index in [4.69, 9.17) is 5.73 Å². The molecule has 2 aromatic carbocycles. The molecule has 3 N–H and O–H groups in total. The maximum atomic E-state index is 12.5. The Labute approximate surface area is 179 Å². The Morgan fingerprint density at radius 1 is 1.00 bits per heavy atom. The molecule has 30 heavy (non-hydrogen) atoms. The molecule has 0 fully saturated rings. The lowest BCUT2D eigenvalue weighted by Crippen LogP contribution is -2.19. The fourth-order valence-corrected chi connectivity index (χ4v) is 5.44. The molecule has 1 aromatic heterocycles. The normalized spacial score (nSPS) is 11.3. The number of rotatable bonds is 7. The summed E-state index contributed by atoms with van der Waals surface area (Å²) in [5.41, 5.74) is 8.28. The van der Waals surface area contributed by atoms with Crippen LogP contribution in [-0.4, -0.2) is 26.0 Å². The molecule has 2 amide bonds. The molecule has 1 heterocycles. The van der Waals surface area contributed by atoms with Crippen LogP contribution in [0.2, 0.25) is 0 Å². The Balaban J connectivity index is 1.79. The Kier molecular flexibility index (Phi) is 6.38. The first-order valence-electron chi connectivity index (χ1n) is 9.27. The highest BCUT2D eigenvalue weighted by Crippen LogP contribution is 2.39. The van der Waals surface area contributed by atoms with Crippen LogP contribution in [0.3, 0.4) is 0 Å². The summed E-state index contributed by atoms with van der Waals surface area (Å²) in [5, 5.41) is 3.00. The average Bonchev–Trinajstić information content (AvgIpc) is 3.03. The standard InChI is InChI=1S/C22H22N2O4S2/c1-14-8-10-17(11-9-14)30(27,28)13-12-18(25)24-22-20(21(23)26)19(15(2)29-22)16-6-4-3-5-7-16/h3-11H,12-13H2,1-2H3,(H2,23,26)(H,24,25). The summed E-state index contributed by atoms with van der Waals surface area (Å²) < 4.78 is 24.9. The Bertz CT molecular complexity index is 1180. The lowest BCUT2D eigenvalue weighted by molar-refractivity contribution is -0.115. The van der Waals surface area contributed by atoms with E-state index in [0.717, 1.165) is 16.0 Å². The van der Waals surface area contributed by atoms with Crippen LogP contribution in [0.5, 0.6) is 0 Å². The third kappa shape index (κ3) is 4.77. The van der Waals surface area contributed by atoms with E-state index < -0.39 is 21.7 Å². The predicted molar refractivity (Wildman–Crippen MR) is 119 cm³/mol. The number of aryl methyl sites for hydroxylation is 2. The van der Waals surface area contributed by atoms with E-state index in [1.165, 1.54) is 23.5 Å². The first-order chi connectivity index (χ1) is 14.2. The van der Waals surface area contributed by atoms with Crippen LogP contribution in [0, 0.1) is 13.8 Å². The molecule has 0 saturated carbocycles. The Hall–Kier alpha value is -2.97. The number of carbonyl (C=O) groups excluding carboxylic acids is 2. The molecule has 0 radical (unpaired) electrons. The van der Waals surface area contributed by atoms with E-state index in [0.29, 0.717) is 10.6 Å². The monoisotopic (exact) mass is 442 g/mol. The van der Waals surface area contributed by atoms with Crippen molar-refractivity contribution >= 4 is 38.0 Å². The number of nitrogens with one attached hydrogen (secondary N) is 1. The predicted octanol–water partition coefficient (Wildman–Crippen LogP) is 3.93. The van der Waals surface area contributed by atoms with Gasteiger partial charge in [0.05, 0.1) is 16.2 Å². The van der Waals surface area contributed by atoms with Gasteiger partial charge in [-0.3, -0.25) is 9.59 Å². The molecule has 8 heteroatoms. The highest BCUT2D eigenvalue weighted by molar-refractivity contribution is 7.91. The molecule has 0 saturated heterocycles. The van der Waals surface area contributed by atoms with E-state index in [2.05, 4.69) is 5.32 Å². The van der Waals surface area contributed by atoms with E-state index in [9.17, 15) is 18.0 Å². The van der Waals surface area contributed by atoms with Crippen molar-refractivity contribution in [2.75, 3.05) is 11.1 Å². The lowest BCUT2D eigenvalue weighted by Gasteiger charge is -2.08. The summed E-state index contributed by atoms with van der Waals surface area (Å²) in [6.45, 7) is 3.71. The largest absolute Gasteiger partial charge is 0.365 e. The Morgan fingerprint density at radius 3 is 2.23 bits per heavy atom. The lowest BCUT2D eigenvalue weighted by atomic mass is 10.0. The number of amides is 2. The van der Waals surface area contributed by atoms with Crippen LogP contribution in [0.15, 0.2) is 59.5 Å². The van der Waals surface area contributed by atoms with E-state index in [1.807, 2.05) is 44.2 Å². The smallest absolute Gasteiger partial charge is 0.252 e.